The highest BCUT2D eigenvalue weighted by Crippen LogP contribution is 2.36. The van der Waals surface area contributed by atoms with Crippen molar-refractivity contribution in [3.8, 4) is 0 Å². The summed E-state index contributed by atoms with van der Waals surface area (Å²) in [6, 6.07) is 1.42. The molecule has 13 heteroatoms. The number of rotatable bonds is 7. The number of benzene rings is 1. The van der Waals surface area contributed by atoms with Gasteiger partial charge >= 0.3 is 12.1 Å². The van der Waals surface area contributed by atoms with Gasteiger partial charge in [-0.25, -0.2) is 9.97 Å². The summed E-state index contributed by atoms with van der Waals surface area (Å²) in [6.45, 7) is 3.52. The van der Waals surface area contributed by atoms with Crippen LogP contribution < -0.4 is 5.32 Å². The largest absolute Gasteiger partial charge is 0.481 e. The number of nitro groups is 1. The molecule has 10 nitrogen and oxygen atoms in total. The van der Waals surface area contributed by atoms with Crippen molar-refractivity contribution in [2.24, 2.45) is 0 Å². The second kappa shape index (κ2) is 9.04. The first-order chi connectivity index (χ1) is 15.0. The molecule has 1 aliphatic rings. The third-order valence-corrected chi connectivity index (χ3v) is 4.64. The second-order valence-electron chi connectivity index (χ2n) is 7.06. The Morgan fingerprint density at radius 3 is 2.53 bits per heavy atom. The van der Waals surface area contributed by atoms with E-state index in [0.29, 0.717) is 6.07 Å². The third kappa shape index (κ3) is 5.29. The number of nitrogens with zero attached hydrogens (tertiary/aromatic N) is 3. The van der Waals surface area contributed by atoms with Gasteiger partial charge in [0.1, 0.15) is 11.6 Å². The smallest absolute Gasteiger partial charge is 0.416 e. The number of aliphatic carboxylic acids is 1. The normalized spacial score (nSPS) is 15.5. The summed E-state index contributed by atoms with van der Waals surface area (Å²) >= 11 is 0. The molecule has 0 radical (unpaired) electrons. The molecule has 32 heavy (non-hydrogen) atoms. The zero-order chi connectivity index (χ0) is 23.6. The Labute approximate surface area is 179 Å². The number of carboxylic acids is 1. The van der Waals surface area contributed by atoms with Gasteiger partial charge in [0.2, 0.25) is 0 Å². The molecule has 1 aliphatic heterocycles. The van der Waals surface area contributed by atoms with Gasteiger partial charge in [0, 0.05) is 12.1 Å². The van der Waals surface area contributed by atoms with Crippen LogP contribution in [0.5, 0.6) is 0 Å². The molecule has 2 N–H and O–H groups in total. The van der Waals surface area contributed by atoms with Crippen LogP contribution in [0, 0.1) is 17.0 Å². The highest BCUT2D eigenvalue weighted by Gasteiger charge is 2.34. The van der Waals surface area contributed by atoms with Gasteiger partial charge in [-0.2, -0.15) is 13.2 Å². The van der Waals surface area contributed by atoms with E-state index in [-0.39, 0.29) is 41.7 Å². The fraction of sp³-hybridized carbons (Fsp3) is 0.421. The lowest BCUT2D eigenvalue weighted by atomic mass is 10.0. The number of hydrogen-bond acceptors (Lipinski definition) is 8. The fourth-order valence-electron chi connectivity index (χ4n) is 3.24. The van der Waals surface area contributed by atoms with E-state index in [2.05, 4.69) is 15.3 Å². The molecule has 3 rings (SSSR count). The molecule has 2 aromatic rings. The minimum Gasteiger partial charge on any atom is -0.481 e. The molecular formula is C19H19F3N4O6. The van der Waals surface area contributed by atoms with Crippen LogP contribution in [0.1, 0.15) is 47.5 Å². The molecule has 1 aromatic heterocycles. The van der Waals surface area contributed by atoms with Crippen LogP contribution in [0.3, 0.4) is 0 Å². The van der Waals surface area contributed by atoms with Crippen LogP contribution in [-0.2, 0) is 26.9 Å². The van der Waals surface area contributed by atoms with Crippen molar-refractivity contribution in [2.75, 3.05) is 18.5 Å². The number of nitrogens with one attached hydrogen (secondary N) is 1. The number of aryl methyl sites for hydroxylation is 1. The van der Waals surface area contributed by atoms with E-state index in [9.17, 15) is 33.2 Å². The summed E-state index contributed by atoms with van der Waals surface area (Å²) in [5.41, 5.74) is -1.55. The lowest BCUT2D eigenvalue weighted by Gasteiger charge is -2.22. The highest BCUT2D eigenvalue weighted by molar-refractivity contribution is 5.71. The molecule has 1 saturated heterocycles. The van der Waals surface area contributed by atoms with Crippen molar-refractivity contribution in [2.45, 2.75) is 38.8 Å². The fourth-order valence-corrected chi connectivity index (χ4v) is 3.24. The SMILES string of the molecule is Cc1nc(CC(=O)O)c(C2OCCO2)c(N[C@H](C)c2cc([N+](=O)[O-])cc(C(F)(F)F)c2)n1. The van der Waals surface area contributed by atoms with Crippen LogP contribution in [0.2, 0.25) is 0 Å². The molecule has 1 atom stereocenters. The molecule has 1 fully saturated rings. The van der Waals surface area contributed by atoms with Gasteiger partial charge in [0.05, 0.1) is 47.4 Å². The zero-order valence-electron chi connectivity index (χ0n) is 17.0. The Morgan fingerprint density at radius 1 is 1.31 bits per heavy atom. The Bertz CT molecular complexity index is 1040. The average Bonchev–Trinajstić information content (AvgIpc) is 3.20. The molecule has 0 bridgehead atoms. The summed E-state index contributed by atoms with van der Waals surface area (Å²) in [7, 11) is 0. The molecule has 0 saturated carbocycles. The lowest BCUT2D eigenvalue weighted by molar-refractivity contribution is -0.385. The number of hydrogen-bond donors (Lipinski definition) is 2. The van der Waals surface area contributed by atoms with E-state index >= 15 is 0 Å². The zero-order valence-corrected chi connectivity index (χ0v) is 17.0. The van der Waals surface area contributed by atoms with Gasteiger partial charge in [-0.15, -0.1) is 0 Å². The molecule has 172 valence electrons. The molecule has 0 spiro atoms. The highest BCUT2D eigenvalue weighted by atomic mass is 19.4. The van der Waals surface area contributed by atoms with E-state index in [1.54, 1.807) is 0 Å². The van der Waals surface area contributed by atoms with Crippen LogP contribution in [-0.4, -0.2) is 39.2 Å². The first-order valence-electron chi connectivity index (χ1n) is 9.41. The predicted octanol–water partition coefficient (Wildman–Crippen LogP) is 3.56. The van der Waals surface area contributed by atoms with Crippen LogP contribution >= 0.6 is 0 Å². The standard InChI is InChI=1S/C19H19F3N4O6/c1-9(11-5-12(19(20,21)22)7-13(6-11)26(29)30)23-17-16(18-31-3-4-32-18)14(8-15(27)28)24-10(2)25-17/h5-7,9,18H,3-4,8H2,1-2H3,(H,27,28)(H,23,24,25)/t9-/m1/s1. The molecule has 0 amide bonds. The average molecular weight is 456 g/mol. The summed E-state index contributed by atoms with van der Waals surface area (Å²) < 4.78 is 50.7. The maximum Gasteiger partial charge on any atom is 0.416 e. The van der Waals surface area contributed by atoms with Crippen molar-refractivity contribution in [3.63, 3.8) is 0 Å². The van der Waals surface area contributed by atoms with Gasteiger partial charge in [0.15, 0.2) is 6.29 Å². The van der Waals surface area contributed by atoms with Crippen molar-refractivity contribution < 1.29 is 37.5 Å². The maximum atomic E-state index is 13.2. The van der Waals surface area contributed by atoms with E-state index in [0.717, 1.165) is 12.1 Å². The minimum absolute atomic E-state index is 0.0122. The number of aromatic nitrogens is 2. The molecule has 2 heterocycles. The Hall–Kier alpha value is -3.32. The van der Waals surface area contributed by atoms with Gasteiger partial charge in [-0.05, 0) is 25.5 Å². The number of alkyl halides is 3. The monoisotopic (exact) mass is 456 g/mol. The Kier molecular flexibility index (Phi) is 6.60. The molecular weight excluding hydrogens is 437 g/mol. The quantitative estimate of drug-likeness (QED) is 0.473. The maximum absolute atomic E-state index is 13.2. The van der Waals surface area contributed by atoms with E-state index in [1.165, 1.54) is 13.8 Å². The summed E-state index contributed by atoms with van der Waals surface area (Å²) in [5.74, 6) is -0.837. The number of anilines is 1. The number of nitro benzene ring substituents is 1. The van der Waals surface area contributed by atoms with E-state index < -0.39 is 47.1 Å². The third-order valence-electron chi connectivity index (χ3n) is 4.64. The minimum atomic E-state index is -4.78. The van der Waals surface area contributed by atoms with E-state index in [1.807, 2.05) is 0 Å². The number of carbonyl (C=O) groups is 1. The van der Waals surface area contributed by atoms with Crippen molar-refractivity contribution in [3.05, 3.63) is 56.5 Å². The van der Waals surface area contributed by atoms with Gasteiger partial charge in [-0.1, -0.05) is 0 Å². The van der Waals surface area contributed by atoms with Gasteiger partial charge in [-0.3, -0.25) is 14.9 Å². The molecule has 0 aliphatic carbocycles. The van der Waals surface area contributed by atoms with Crippen LogP contribution in [0.4, 0.5) is 24.7 Å². The van der Waals surface area contributed by atoms with E-state index in [4.69, 9.17) is 9.47 Å². The van der Waals surface area contributed by atoms with Gasteiger partial charge in [0.25, 0.3) is 5.69 Å². The topological polar surface area (TPSA) is 137 Å². The number of ether oxygens (including phenoxy) is 2. The number of non-ortho nitro benzene ring substituents is 1. The van der Waals surface area contributed by atoms with Crippen LogP contribution in [0.15, 0.2) is 18.2 Å². The number of carboxylic acid groups (broad SMARTS) is 1. The summed E-state index contributed by atoms with van der Waals surface area (Å²) in [5, 5.41) is 23.3. The first-order valence-corrected chi connectivity index (χ1v) is 9.41. The van der Waals surface area contributed by atoms with Gasteiger partial charge < -0.3 is 19.9 Å². The number of halogens is 3. The van der Waals surface area contributed by atoms with Crippen molar-refractivity contribution in [1.29, 1.82) is 0 Å². The first kappa shape index (κ1) is 23.3. The molecule has 0 unspecified atom stereocenters. The van der Waals surface area contributed by atoms with Crippen LogP contribution in [0.25, 0.3) is 0 Å². The molecule has 1 aromatic carbocycles. The summed E-state index contributed by atoms with van der Waals surface area (Å²) in [4.78, 5) is 29.9. The Balaban J connectivity index is 2.04. The Morgan fingerprint density at radius 2 is 1.97 bits per heavy atom. The van der Waals surface area contributed by atoms with Crippen molar-refractivity contribution in [1.82, 2.24) is 9.97 Å². The van der Waals surface area contributed by atoms with Crippen molar-refractivity contribution >= 4 is 17.5 Å². The second-order valence-corrected chi connectivity index (χ2v) is 7.06. The lowest BCUT2D eigenvalue weighted by Crippen LogP contribution is -2.18. The predicted molar refractivity (Wildman–Crippen MR) is 103 cm³/mol. The summed E-state index contributed by atoms with van der Waals surface area (Å²) in [6.07, 6.45) is -6.20.